The van der Waals surface area contributed by atoms with E-state index < -0.39 is 23.2 Å². The molecule has 0 rings (SSSR count). The highest BCUT2D eigenvalue weighted by Crippen LogP contribution is 2.19. The van der Waals surface area contributed by atoms with Crippen molar-refractivity contribution in [1.29, 1.82) is 0 Å². The van der Waals surface area contributed by atoms with Crippen LogP contribution >= 0.6 is 0 Å². The van der Waals surface area contributed by atoms with E-state index in [0.717, 1.165) is 0 Å². The molecule has 0 saturated heterocycles. The Morgan fingerprint density at radius 2 is 1.81 bits per heavy atom. The van der Waals surface area contributed by atoms with Gasteiger partial charge in [0, 0.05) is 6.92 Å². The smallest absolute Gasteiger partial charge is 0.345 e. The zero-order valence-corrected chi connectivity index (χ0v) is 9.38. The number of rotatable bonds is 6. The zero-order chi connectivity index (χ0) is 12.8. The van der Waals surface area contributed by atoms with E-state index in [1.165, 1.54) is 6.92 Å². The van der Waals surface area contributed by atoms with Crippen LogP contribution in [0.25, 0.3) is 0 Å². The molecule has 4 nitrogen and oxygen atoms in total. The van der Waals surface area contributed by atoms with Gasteiger partial charge in [-0.2, -0.15) is 8.78 Å². The van der Waals surface area contributed by atoms with Crippen LogP contribution < -0.4 is 0 Å². The minimum Gasteiger partial charge on any atom is -0.500 e. The number of Topliss-reactive ketones (excluding diaryl/α,β-unsaturated/α-hetero) is 1. The molecule has 0 atom stereocenters. The standard InChI is InChI=1S/C10H14F2O4/c1-4-15-6-7(9(14)16-5-2)8(13)10(3,11)12/h6H,4-5H2,1-3H3/b7-6-. The van der Waals surface area contributed by atoms with Crippen molar-refractivity contribution in [2.24, 2.45) is 0 Å². The fourth-order valence-electron chi connectivity index (χ4n) is 0.806. The summed E-state index contributed by atoms with van der Waals surface area (Å²) in [6.07, 6.45) is 0.706. The SMILES string of the molecule is CCO/C=C(\C(=O)OCC)C(=O)C(C)(F)F. The van der Waals surface area contributed by atoms with Gasteiger partial charge in [0.25, 0.3) is 0 Å². The predicted molar refractivity (Wildman–Crippen MR) is 52.0 cm³/mol. The number of carbonyl (C=O) groups is 2. The molecule has 0 fully saturated rings. The molecule has 0 aromatic carbocycles. The number of alkyl halides is 2. The van der Waals surface area contributed by atoms with Gasteiger partial charge in [0.1, 0.15) is 11.8 Å². The second-order valence-corrected chi connectivity index (χ2v) is 2.92. The quantitative estimate of drug-likeness (QED) is 0.231. The Labute approximate surface area is 92.2 Å². The van der Waals surface area contributed by atoms with E-state index in [0.29, 0.717) is 13.2 Å². The van der Waals surface area contributed by atoms with Gasteiger partial charge in [-0.05, 0) is 13.8 Å². The summed E-state index contributed by atoms with van der Waals surface area (Å²) in [4.78, 5) is 22.4. The third-order valence-corrected chi connectivity index (χ3v) is 1.51. The van der Waals surface area contributed by atoms with Gasteiger partial charge in [-0.1, -0.05) is 0 Å². The second-order valence-electron chi connectivity index (χ2n) is 2.92. The fourth-order valence-corrected chi connectivity index (χ4v) is 0.806. The molecule has 0 saturated carbocycles. The molecule has 6 heteroatoms. The molecule has 0 aromatic rings. The maximum absolute atomic E-state index is 12.7. The maximum Gasteiger partial charge on any atom is 0.345 e. The normalized spacial score (nSPS) is 12.2. The summed E-state index contributed by atoms with van der Waals surface area (Å²) < 4.78 is 34.6. The molecule has 0 heterocycles. The van der Waals surface area contributed by atoms with Gasteiger partial charge < -0.3 is 9.47 Å². The molecule has 0 spiro atoms. The number of carbonyl (C=O) groups excluding carboxylic acids is 2. The Bertz CT molecular complexity index is 292. The number of esters is 1. The van der Waals surface area contributed by atoms with Crippen LogP contribution in [-0.2, 0) is 19.1 Å². The number of hydrogen-bond acceptors (Lipinski definition) is 4. The summed E-state index contributed by atoms with van der Waals surface area (Å²) in [6, 6.07) is 0. The van der Waals surface area contributed by atoms with Crippen LogP contribution in [0.1, 0.15) is 20.8 Å². The van der Waals surface area contributed by atoms with Gasteiger partial charge in [0.2, 0.25) is 5.78 Å². The molecule has 0 N–H and O–H groups in total. The van der Waals surface area contributed by atoms with Gasteiger partial charge >= 0.3 is 11.9 Å². The Morgan fingerprint density at radius 3 is 2.19 bits per heavy atom. The first kappa shape index (κ1) is 14.5. The van der Waals surface area contributed by atoms with Crippen molar-refractivity contribution in [3.05, 3.63) is 11.8 Å². The predicted octanol–water partition coefficient (Wildman–Crippen LogP) is 1.69. The molecule has 0 radical (unpaired) electrons. The van der Waals surface area contributed by atoms with Gasteiger partial charge in [0.15, 0.2) is 0 Å². The molecule has 0 aliphatic rings. The lowest BCUT2D eigenvalue weighted by molar-refractivity contribution is -0.145. The van der Waals surface area contributed by atoms with Crippen molar-refractivity contribution in [2.75, 3.05) is 13.2 Å². The van der Waals surface area contributed by atoms with Gasteiger partial charge in [-0.25, -0.2) is 4.79 Å². The second kappa shape index (κ2) is 6.19. The van der Waals surface area contributed by atoms with Crippen LogP contribution in [0.15, 0.2) is 11.8 Å². The first-order chi connectivity index (χ1) is 7.34. The van der Waals surface area contributed by atoms with Crippen LogP contribution in [0.5, 0.6) is 0 Å². The number of ether oxygens (including phenoxy) is 2. The lowest BCUT2D eigenvalue weighted by Gasteiger charge is -2.11. The molecule has 0 aliphatic carbocycles. The minimum atomic E-state index is -3.63. The Morgan fingerprint density at radius 1 is 1.25 bits per heavy atom. The highest BCUT2D eigenvalue weighted by Gasteiger charge is 2.38. The maximum atomic E-state index is 12.7. The first-order valence-corrected chi connectivity index (χ1v) is 4.76. The Kier molecular flexibility index (Phi) is 5.63. The molecule has 0 amide bonds. The first-order valence-electron chi connectivity index (χ1n) is 4.76. The van der Waals surface area contributed by atoms with Crippen molar-refractivity contribution in [3.63, 3.8) is 0 Å². The molecule has 16 heavy (non-hydrogen) atoms. The molecule has 92 valence electrons. The van der Waals surface area contributed by atoms with E-state index in [2.05, 4.69) is 9.47 Å². The molecule has 0 bridgehead atoms. The average molecular weight is 236 g/mol. The third-order valence-electron chi connectivity index (χ3n) is 1.51. The van der Waals surface area contributed by atoms with Crippen molar-refractivity contribution < 1.29 is 27.8 Å². The third kappa shape index (κ3) is 4.37. The molecule has 0 aliphatic heterocycles. The van der Waals surface area contributed by atoms with E-state index in [1.54, 1.807) is 6.92 Å². The van der Waals surface area contributed by atoms with Gasteiger partial charge in [-0.15, -0.1) is 0 Å². The van der Waals surface area contributed by atoms with E-state index in [1.807, 2.05) is 0 Å². The van der Waals surface area contributed by atoms with Crippen LogP contribution in [0.4, 0.5) is 8.78 Å². The Balaban J connectivity index is 4.96. The van der Waals surface area contributed by atoms with Crippen LogP contribution in [0, 0.1) is 0 Å². The highest BCUT2D eigenvalue weighted by atomic mass is 19.3. The monoisotopic (exact) mass is 236 g/mol. The van der Waals surface area contributed by atoms with Gasteiger partial charge in [0.05, 0.1) is 13.2 Å². The van der Waals surface area contributed by atoms with Crippen molar-refractivity contribution in [3.8, 4) is 0 Å². The minimum absolute atomic E-state index is 0.00906. The van der Waals surface area contributed by atoms with Gasteiger partial charge in [-0.3, -0.25) is 4.79 Å². The van der Waals surface area contributed by atoms with E-state index in [9.17, 15) is 18.4 Å². The summed E-state index contributed by atoms with van der Waals surface area (Å²) >= 11 is 0. The summed E-state index contributed by atoms with van der Waals surface area (Å²) in [7, 11) is 0. The lowest BCUT2D eigenvalue weighted by atomic mass is 10.1. The summed E-state index contributed by atoms with van der Waals surface area (Å²) in [5.41, 5.74) is -0.781. The molecule has 0 aromatic heterocycles. The fraction of sp³-hybridized carbons (Fsp3) is 0.600. The topological polar surface area (TPSA) is 52.6 Å². The summed E-state index contributed by atoms with van der Waals surface area (Å²) in [5.74, 6) is -6.35. The number of ketones is 1. The van der Waals surface area contributed by atoms with Crippen LogP contribution in [0.2, 0.25) is 0 Å². The average Bonchev–Trinajstić information content (AvgIpc) is 2.17. The van der Waals surface area contributed by atoms with Crippen molar-refractivity contribution in [1.82, 2.24) is 0 Å². The molecular weight excluding hydrogens is 222 g/mol. The highest BCUT2D eigenvalue weighted by molar-refractivity contribution is 6.19. The van der Waals surface area contributed by atoms with Crippen molar-refractivity contribution in [2.45, 2.75) is 26.7 Å². The van der Waals surface area contributed by atoms with Crippen LogP contribution in [0.3, 0.4) is 0 Å². The molecule has 0 unspecified atom stereocenters. The zero-order valence-electron chi connectivity index (χ0n) is 9.38. The van der Waals surface area contributed by atoms with Crippen molar-refractivity contribution >= 4 is 11.8 Å². The van der Waals surface area contributed by atoms with Crippen LogP contribution in [-0.4, -0.2) is 30.9 Å². The van der Waals surface area contributed by atoms with E-state index in [4.69, 9.17) is 0 Å². The van der Waals surface area contributed by atoms with E-state index in [-0.39, 0.29) is 13.2 Å². The number of hydrogen-bond donors (Lipinski definition) is 0. The Hall–Kier alpha value is -1.46. The summed E-state index contributed by atoms with van der Waals surface area (Å²) in [5, 5.41) is 0. The number of halogens is 2. The summed E-state index contributed by atoms with van der Waals surface area (Å²) in [6.45, 7) is 3.66. The molecular formula is C10H14F2O4. The van der Waals surface area contributed by atoms with E-state index >= 15 is 0 Å². The lowest BCUT2D eigenvalue weighted by Crippen LogP contribution is -2.30. The largest absolute Gasteiger partial charge is 0.500 e.